The molecule has 0 unspecified atom stereocenters. The average molecular weight is 302 g/mol. The van der Waals surface area contributed by atoms with Gasteiger partial charge in [0.05, 0.1) is 7.11 Å². The Morgan fingerprint density at radius 2 is 1.73 bits per heavy atom. The van der Waals surface area contributed by atoms with Gasteiger partial charge >= 0.3 is 11.1 Å². The van der Waals surface area contributed by atoms with Gasteiger partial charge in [0, 0.05) is 0 Å². The van der Waals surface area contributed by atoms with Gasteiger partial charge in [-0.05, 0) is 29.7 Å². The zero-order valence-corrected chi connectivity index (χ0v) is 12.7. The number of aromatic nitrogens is 2. The highest BCUT2D eigenvalue weighted by molar-refractivity contribution is 5.49. The molecule has 1 aromatic carbocycles. The first-order valence-corrected chi connectivity index (χ1v) is 6.84. The van der Waals surface area contributed by atoms with Gasteiger partial charge in [0.2, 0.25) is 0 Å². The molecule has 116 valence electrons. The van der Waals surface area contributed by atoms with Crippen LogP contribution in [0, 0.1) is 5.92 Å². The van der Waals surface area contributed by atoms with Crippen molar-refractivity contribution in [1.82, 2.24) is 9.71 Å². The molecular weight excluding hydrogens is 284 g/mol. The fourth-order valence-electron chi connectivity index (χ4n) is 1.98. The van der Waals surface area contributed by atoms with Crippen LogP contribution in [0.4, 0.5) is 0 Å². The molecule has 2 rings (SSSR count). The van der Waals surface area contributed by atoms with Crippen LogP contribution in [-0.4, -0.2) is 22.0 Å². The number of benzene rings is 1. The maximum Gasteiger partial charge on any atom is 0.310 e. The molecule has 0 fully saturated rings. The molecule has 0 aliphatic rings. The summed E-state index contributed by atoms with van der Waals surface area (Å²) in [6.45, 7) is 3.79. The van der Waals surface area contributed by atoms with E-state index in [9.17, 15) is 14.8 Å². The monoisotopic (exact) mass is 302 g/mol. The highest BCUT2D eigenvalue weighted by Crippen LogP contribution is 2.11. The second kappa shape index (κ2) is 6.34. The standard InChI is InChI=1S/C16H18N2O4/c1-10(2)8-13-15(19)18(21)16(20)14(17-13)9-11-4-6-12(22-3)7-5-11/h4-10,17,21H,1-3H3/b13-8+,14-9-. The summed E-state index contributed by atoms with van der Waals surface area (Å²) in [6, 6.07) is 7.05. The normalized spacial score (nSPS) is 12.9. The zero-order valence-electron chi connectivity index (χ0n) is 12.7. The van der Waals surface area contributed by atoms with Crippen LogP contribution in [0.3, 0.4) is 0 Å². The topological polar surface area (TPSA) is 84.3 Å². The molecule has 6 nitrogen and oxygen atoms in total. The number of hydrogen-bond acceptors (Lipinski definition) is 4. The van der Waals surface area contributed by atoms with Crippen molar-refractivity contribution < 1.29 is 9.94 Å². The van der Waals surface area contributed by atoms with Gasteiger partial charge in [-0.1, -0.05) is 32.1 Å². The third kappa shape index (κ3) is 3.28. The van der Waals surface area contributed by atoms with Crippen LogP contribution < -0.4 is 26.6 Å². The Morgan fingerprint density at radius 3 is 2.27 bits per heavy atom. The highest BCUT2D eigenvalue weighted by atomic mass is 16.5. The Labute approximate surface area is 126 Å². The van der Waals surface area contributed by atoms with E-state index in [-0.39, 0.29) is 21.3 Å². The Balaban J connectivity index is 2.69. The van der Waals surface area contributed by atoms with Crippen molar-refractivity contribution in [3.63, 3.8) is 0 Å². The quantitative estimate of drug-likeness (QED) is 0.785. The number of H-pyrrole nitrogens is 1. The average Bonchev–Trinajstić information content (AvgIpc) is 2.50. The summed E-state index contributed by atoms with van der Waals surface area (Å²) < 4.78 is 5.19. The second-order valence-corrected chi connectivity index (χ2v) is 5.20. The van der Waals surface area contributed by atoms with Gasteiger partial charge in [-0.3, -0.25) is 9.59 Å². The molecule has 0 radical (unpaired) electrons. The molecule has 1 heterocycles. The van der Waals surface area contributed by atoms with Gasteiger partial charge in [0.25, 0.3) is 0 Å². The maximum absolute atomic E-state index is 12.0. The van der Waals surface area contributed by atoms with Crippen LogP contribution in [0.2, 0.25) is 0 Å². The Kier molecular flexibility index (Phi) is 4.50. The maximum atomic E-state index is 12.0. The van der Waals surface area contributed by atoms with Gasteiger partial charge in [-0.2, -0.15) is 0 Å². The van der Waals surface area contributed by atoms with Crippen molar-refractivity contribution in [2.24, 2.45) is 5.92 Å². The number of nitrogens with one attached hydrogen (secondary N) is 1. The number of hydrogen-bond donors (Lipinski definition) is 2. The van der Waals surface area contributed by atoms with Gasteiger partial charge in [-0.25, -0.2) is 0 Å². The first-order valence-electron chi connectivity index (χ1n) is 6.84. The van der Waals surface area contributed by atoms with Gasteiger partial charge < -0.3 is 14.9 Å². The van der Waals surface area contributed by atoms with E-state index in [0.29, 0.717) is 5.75 Å². The SMILES string of the molecule is COc1ccc(/C=c2\[nH]/c(=C/C(C)C)c(=O)n(O)c2=O)cc1. The fourth-order valence-corrected chi connectivity index (χ4v) is 1.98. The molecule has 22 heavy (non-hydrogen) atoms. The van der Waals surface area contributed by atoms with E-state index in [0.717, 1.165) is 5.56 Å². The molecule has 0 amide bonds. The summed E-state index contributed by atoms with van der Waals surface area (Å²) in [6.07, 6.45) is 3.21. The molecule has 0 aliphatic carbocycles. The summed E-state index contributed by atoms with van der Waals surface area (Å²) >= 11 is 0. The Bertz CT molecular complexity index is 890. The summed E-state index contributed by atoms with van der Waals surface area (Å²) in [5, 5.41) is 9.95. The minimum absolute atomic E-state index is 0.0929. The molecule has 6 heteroatoms. The van der Waals surface area contributed by atoms with Crippen LogP contribution in [0.1, 0.15) is 19.4 Å². The van der Waals surface area contributed by atoms with E-state index in [1.807, 2.05) is 13.8 Å². The summed E-state index contributed by atoms with van der Waals surface area (Å²) in [4.78, 5) is 26.6. The predicted octanol–water partition coefficient (Wildman–Crippen LogP) is 0.0478. The molecule has 0 saturated carbocycles. The third-order valence-electron chi connectivity index (χ3n) is 3.04. The van der Waals surface area contributed by atoms with Crippen LogP contribution in [0.15, 0.2) is 33.9 Å². The van der Waals surface area contributed by atoms with Gasteiger partial charge in [0.1, 0.15) is 16.4 Å². The van der Waals surface area contributed by atoms with Crippen LogP contribution >= 0.6 is 0 Å². The zero-order chi connectivity index (χ0) is 16.3. The van der Waals surface area contributed by atoms with Crippen LogP contribution in [0.25, 0.3) is 12.2 Å². The molecule has 0 aliphatic heterocycles. The minimum Gasteiger partial charge on any atom is -0.497 e. The highest BCUT2D eigenvalue weighted by Gasteiger charge is 2.04. The third-order valence-corrected chi connectivity index (χ3v) is 3.04. The lowest BCUT2D eigenvalue weighted by atomic mass is 10.2. The van der Waals surface area contributed by atoms with Crippen molar-refractivity contribution in [2.45, 2.75) is 13.8 Å². The van der Waals surface area contributed by atoms with Crippen molar-refractivity contribution >= 4 is 12.2 Å². The van der Waals surface area contributed by atoms with E-state index < -0.39 is 11.1 Å². The number of aromatic amines is 1. The second-order valence-electron chi connectivity index (χ2n) is 5.20. The lowest BCUT2D eigenvalue weighted by molar-refractivity contribution is 0.161. The molecule has 0 saturated heterocycles. The van der Waals surface area contributed by atoms with Gasteiger partial charge in [0.15, 0.2) is 0 Å². The van der Waals surface area contributed by atoms with Crippen molar-refractivity contribution in [2.75, 3.05) is 7.11 Å². The molecular formula is C16H18N2O4. The predicted molar refractivity (Wildman–Crippen MR) is 83.6 cm³/mol. The van der Waals surface area contributed by atoms with Crippen molar-refractivity contribution in [3.05, 3.63) is 61.2 Å². The smallest absolute Gasteiger partial charge is 0.310 e. The van der Waals surface area contributed by atoms with Crippen molar-refractivity contribution in [3.8, 4) is 5.75 Å². The largest absolute Gasteiger partial charge is 0.497 e. The van der Waals surface area contributed by atoms with E-state index in [2.05, 4.69) is 4.98 Å². The number of ether oxygens (including phenoxy) is 1. The Hall–Kier alpha value is -2.76. The molecule has 2 N–H and O–H groups in total. The fraction of sp³-hybridized carbons (Fsp3) is 0.250. The summed E-state index contributed by atoms with van der Waals surface area (Å²) in [5.74, 6) is 0.791. The van der Waals surface area contributed by atoms with Crippen LogP contribution in [0.5, 0.6) is 5.75 Å². The first-order chi connectivity index (χ1) is 10.4. The first kappa shape index (κ1) is 15.6. The number of rotatable bonds is 3. The van der Waals surface area contributed by atoms with E-state index in [1.54, 1.807) is 43.5 Å². The molecule has 0 bridgehead atoms. The summed E-state index contributed by atoms with van der Waals surface area (Å²) in [5.41, 5.74) is -0.810. The van der Waals surface area contributed by atoms with Gasteiger partial charge in [-0.15, -0.1) is 4.73 Å². The molecule has 0 atom stereocenters. The Morgan fingerprint density at radius 1 is 1.14 bits per heavy atom. The number of nitrogens with zero attached hydrogens (tertiary/aromatic N) is 1. The lowest BCUT2D eigenvalue weighted by Crippen LogP contribution is -2.52. The van der Waals surface area contributed by atoms with E-state index in [1.165, 1.54) is 0 Å². The molecule has 1 aromatic heterocycles. The number of methoxy groups -OCH3 is 1. The van der Waals surface area contributed by atoms with Crippen LogP contribution in [-0.2, 0) is 0 Å². The molecule has 0 spiro atoms. The lowest BCUT2D eigenvalue weighted by Gasteiger charge is -2.00. The van der Waals surface area contributed by atoms with E-state index >= 15 is 0 Å². The minimum atomic E-state index is -0.790. The summed E-state index contributed by atoms with van der Waals surface area (Å²) in [7, 11) is 1.57. The van der Waals surface area contributed by atoms with E-state index in [4.69, 9.17) is 4.74 Å². The van der Waals surface area contributed by atoms with Crippen molar-refractivity contribution in [1.29, 1.82) is 0 Å². The molecule has 2 aromatic rings.